The van der Waals surface area contributed by atoms with Crippen molar-refractivity contribution in [3.63, 3.8) is 0 Å². The number of pyridine rings is 1. The van der Waals surface area contributed by atoms with Crippen molar-refractivity contribution >= 4 is 11.1 Å². The number of H-pyrrole nitrogens is 4. The number of aromatic amines is 4. The molecule has 0 aliphatic carbocycles. The number of hydrogen-bond donors (Lipinski definition) is 4. The normalized spacial score (nSPS) is 14.0. The van der Waals surface area contributed by atoms with Gasteiger partial charge in [0.05, 0.1) is 39.6 Å². The monoisotopic (exact) mass is 1040 g/mol. The second kappa shape index (κ2) is 17.9. The first kappa shape index (κ1) is 49.1. The molecule has 21 heteroatoms. The zero-order valence-corrected chi connectivity index (χ0v) is 38.1. The van der Waals surface area contributed by atoms with Crippen LogP contribution in [-0.2, 0) is 6.61 Å². The lowest BCUT2D eigenvalue weighted by molar-refractivity contribution is 0.306. The zero-order valence-electron chi connectivity index (χ0n) is 38.1. The van der Waals surface area contributed by atoms with E-state index in [2.05, 4.69) is 19.9 Å². The fraction of sp³-hybridized carbons (Fsp3) is 0.0943. The van der Waals surface area contributed by atoms with Crippen LogP contribution in [0.2, 0.25) is 0 Å². The average molecular weight is 1040 g/mol. The average Bonchev–Trinajstić information content (AvgIpc) is 4.21. The Bertz CT molecular complexity index is 3900. The third kappa shape index (κ3) is 7.37. The highest BCUT2D eigenvalue weighted by molar-refractivity contribution is 5.85. The van der Waals surface area contributed by atoms with Gasteiger partial charge in [0.25, 0.3) is 0 Å². The smallest absolute Gasteiger partial charge is 0.239 e. The van der Waals surface area contributed by atoms with Crippen LogP contribution in [0.4, 0.5) is 65.9 Å². The Balaban J connectivity index is 1.41. The van der Waals surface area contributed by atoms with Crippen molar-refractivity contribution in [3.05, 3.63) is 238 Å². The standard InChI is InChI=1S/C53H29F15N5O/c1-17-18(2)50-29(32-36(56)42(62)47(67)43(63)37(32)57)24-12-10-22(69-24)28(31-34(54)40(60)46(66)41(61)35(31)55)23-11-13-25(70-23)30(33-38(58)44(64)48(68)45(65)39(33)59)51-19(3)20(4)52(73-51)53-27(15-14-26(71-53)49(17)72-50)74-16-21-8-6-5-7-9-21/h5-15,69-70,72-73H,16H2,1-4H3/q+1/b28-23+,30-25-. The Morgan fingerprint density at radius 1 is 0.432 bits per heavy atom. The summed E-state index contributed by atoms with van der Waals surface area (Å²) in [6.45, 7) is 5.69. The minimum atomic E-state index is -2.61. The van der Waals surface area contributed by atoms with Gasteiger partial charge in [0, 0.05) is 39.0 Å². The van der Waals surface area contributed by atoms with Gasteiger partial charge in [0.2, 0.25) is 40.7 Å². The molecule has 0 saturated carbocycles. The van der Waals surface area contributed by atoms with Crippen LogP contribution in [-0.4, -0.2) is 24.9 Å². The topological polar surface area (TPSA) is 85.3 Å². The van der Waals surface area contributed by atoms with Crippen LogP contribution in [0, 0.1) is 121 Å². The fourth-order valence-electron chi connectivity index (χ4n) is 9.03. The van der Waals surface area contributed by atoms with Gasteiger partial charge in [-0.3, -0.25) is 0 Å². The first-order chi connectivity index (χ1) is 35.1. The predicted molar refractivity (Wildman–Crippen MR) is 237 cm³/mol. The molecule has 376 valence electrons. The summed E-state index contributed by atoms with van der Waals surface area (Å²) in [5, 5.41) is -1.33. The predicted octanol–water partition coefficient (Wildman–Crippen LogP) is 12.5. The first-order valence-corrected chi connectivity index (χ1v) is 21.8. The number of nitrogens with zero attached hydrogens (tertiary/aromatic N) is 1. The quantitative estimate of drug-likeness (QED) is 0.0579. The summed E-state index contributed by atoms with van der Waals surface area (Å²) < 4.78 is 239. The lowest BCUT2D eigenvalue weighted by Crippen LogP contribution is -2.21. The van der Waals surface area contributed by atoms with E-state index in [-0.39, 0.29) is 68.8 Å². The molecule has 4 N–H and O–H groups in total. The van der Waals surface area contributed by atoms with E-state index >= 15 is 52.7 Å². The van der Waals surface area contributed by atoms with Crippen LogP contribution >= 0.6 is 0 Å². The Kier molecular flexibility index (Phi) is 11.9. The van der Waals surface area contributed by atoms with Crippen molar-refractivity contribution < 1.29 is 70.6 Å². The van der Waals surface area contributed by atoms with E-state index in [1.807, 2.05) is 0 Å². The maximum absolute atomic E-state index is 16.3. The van der Waals surface area contributed by atoms with Gasteiger partial charge in [-0.25, -0.2) is 48.9 Å². The number of ether oxygens (including phenoxy) is 1. The van der Waals surface area contributed by atoms with Crippen molar-refractivity contribution in [2.75, 3.05) is 0 Å². The Labute approximate surface area is 406 Å². The molecular formula is C53H29F15N5O+. The number of benzene rings is 4. The van der Waals surface area contributed by atoms with Crippen molar-refractivity contribution in [2.24, 2.45) is 0 Å². The Morgan fingerprint density at radius 2 is 0.919 bits per heavy atom. The number of fused-ring (bicyclic) bond motifs is 12. The summed E-state index contributed by atoms with van der Waals surface area (Å²) in [5.41, 5.74) is -7.41. The largest absolute Gasteiger partial charge is 0.487 e. The minimum Gasteiger partial charge on any atom is -0.487 e. The molecule has 0 atom stereocenters. The van der Waals surface area contributed by atoms with Gasteiger partial charge in [-0.2, -0.15) is 22.0 Å². The minimum absolute atomic E-state index is 0.00213. The van der Waals surface area contributed by atoms with E-state index in [9.17, 15) is 13.2 Å². The summed E-state index contributed by atoms with van der Waals surface area (Å²) in [6, 6.07) is 15.1. The SMILES string of the molecule is Cc1c2[nH]c(c1C)-c1nc(ccc1OCc1ccccc1)-c1[nH]c(c(C)c1C)[C+](c1c(F)c(F)c(F)c(F)c1F)c1ccc([nH]1)/C(c1c(F)c(F)c(F)c(F)c1F)=c1/cc/c([nH]1)=C/2c1c(F)c(F)c(F)c(F)c1F. The lowest BCUT2D eigenvalue weighted by atomic mass is 9.89. The van der Waals surface area contributed by atoms with Crippen LogP contribution in [0.25, 0.3) is 33.9 Å². The highest BCUT2D eigenvalue weighted by Crippen LogP contribution is 2.44. The van der Waals surface area contributed by atoms with Gasteiger partial charge < -0.3 is 24.7 Å². The molecule has 0 saturated heterocycles. The third-order valence-electron chi connectivity index (χ3n) is 13.0. The highest BCUT2D eigenvalue weighted by Gasteiger charge is 2.42. The summed E-state index contributed by atoms with van der Waals surface area (Å²) in [5.74, 6) is -37.4. The van der Waals surface area contributed by atoms with Gasteiger partial charge in [-0.05, 0) is 74.7 Å². The van der Waals surface area contributed by atoms with Crippen molar-refractivity contribution in [1.29, 1.82) is 0 Å². The molecule has 6 heterocycles. The van der Waals surface area contributed by atoms with Crippen molar-refractivity contribution in [1.82, 2.24) is 24.9 Å². The summed E-state index contributed by atoms with van der Waals surface area (Å²) in [4.78, 5) is 15.9. The number of halogens is 15. The molecule has 0 spiro atoms. The molecule has 0 amide bonds. The number of rotatable bonds is 6. The van der Waals surface area contributed by atoms with Gasteiger partial charge in [0.1, 0.15) is 35.4 Å². The molecule has 10 rings (SSSR count). The third-order valence-corrected chi connectivity index (χ3v) is 13.0. The molecule has 5 aromatic heterocycles. The molecule has 1 aliphatic heterocycles. The van der Waals surface area contributed by atoms with Crippen LogP contribution in [0.15, 0.2) is 66.7 Å². The number of nitrogens with one attached hydrogen (secondary N) is 4. The van der Waals surface area contributed by atoms with Gasteiger partial charge in [0.15, 0.2) is 52.1 Å². The summed E-state index contributed by atoms with van der Waals surface area (Å²) in [7, 11) is 0. The van der Waals surface area contributed by atoms with E-state index < -0.39 is 143 Å². The van der Waals surface area contributed by atoms with Gasteiger partial charge in [-0.15, -0.1) is 0 Å². The molecule has 10 bridgehead atoms. The molecule has 6 nitrogen and oxygen atoms in total. The van der Waals surface area contributed by atoms with E-state index in [0.717, 1.165) is 24.3 Å². The molecule has 0 radical (unpaired) electrons. The van der Waals surface area contributed by atoms with Crippen LogP contribution < -0.4 is 15.4 Å². The molecule has 4 aromatic carbocycles. The van der Waals surface area contributed by atoms with E-state index in [1.165, 1.54) is 39.8 Å². The Morgan fingerprint density at radius 3 is 1.49 bits per heavy atom. The number of hydrogen-bond acceptors (Lipinski definition) is 2. The summed E-state index contributed by atoms with van der Waals surface area (Å²) >= 11 is 0. The zero-order chi connectivity index (χ0) is 53.1. The fourth-order valence-corrected chi connectivity index (χ4v) is 9.03. The second-order valence-corrected chi connectivity index (χ2v) is 17.1. The molecule has 9 aromatic rings. The maximum atomic E-state index is 16.3. The van der Waals surface area contributed by atoms with Crippen molar-refractivity contribution in [2.45, 2.75) is 34.3 Å². The molecule has 1 aliphatic rings. The lowest BCUT2D eigenvalue weighted by Gasteiger charge is -2.15. The first-order valence-electron chi connectivity index (χ1n) is 21.8. The maximum Gasteiger partial charge on any atom is 0.239 e. The Hall–Kier alpha value is -8.49. The molecule has 74 heavy (non-hydrogen) atoms. The van der Waals surface area contributed by atoms with E-state index in [0.29, 0.717) is 5.56 Å². The highest BCUT2D eigenvalue weighted by atomic mass is 19.2. The molecule has 0 unspecified atom stereocenters. The van der Waals surface area contributed by atoms with Gasteiger partial charge >= 0.3 is 0 Å². The number of aromatic nitrogens is 5. The second-order valence-electron chi connectivity index (χ2n) is 17.1. The van der Waals surface area contributed by atoms with Crippen LogP contribution in [0.5, 0.6) is 5.75 Å². The van der Waals surface area contributed by atoms with E-state index in [4.69, 9.17) is 9.72 Å². The van der Waals surface area contributed by atoms with E-state index in [1.54, 1.807) is 30.3 Å². The van der Waals surface area contributed by atoms with Crippen LogP contribution in [0.1, 0.15) is 67.3 Å². The molecular weight excluding hydrogens is 1010 g/mol. The van der Waals surface area contributed by atoms with Crippen LogP contribution in [0.3, 0.4) is 0 Å². The van der Waals surface area contributed by atoms with Crippen molar-refractivity contribution in [3.8, 4) is 28.5 Å². The summed E-state index contributed by atoms with van der Waals surface area (Å²) in [6.07, 6.45) is 0. The molecule has 0 fully saturated rings. The van der Waals surface area contributed by atoms with Gasteiger partial charge in [-0.1, -0.05) is 30.3 Å².